The van der Waals surface area contributed by atoms with Gasteiger partial charge in [-0.25, -0.2) is 9.59 Å². The van der Waals surface area contributed by atoms with Gasteiger partial charge in [-0.15, -0.1) is 0 Å². The molecule has 0 N–H and O–H groups in total. The molecule has 0 bridgehead atoms. The summed E-state index contributed by atoms with van der Waals surface area (Å²) in [4.78, 5) is 53.5. The van der Waals surface area contributed by atoms with Gasteiger partial charge in [-0.3, -0.25) is 9.59 Å². The Morgan fingerprint density at radius 2 is 0.893 bits per heavy atom. The van der Waals surface area contributed by atoms with Gasteiger partial charge >= 0.3 is 24.1 Å². The van der Waals surface area contributed by atoms with E-state index in [0.717, 1.165) is 46.2 Å². The van der Waals surface area contributed by atoms with Gasteiger partial charge in [-0.1, -0.05) is 107 Å². The number of ether oxygens (including phenoxy) is 4. The number of hydrogen-bond acceptors (Lipinski definition) is 8. The van der Waals surface area contributed by atoms with Crippen LogP contribution < -0.4 is 0 Å². The van der Waals surface area contributed by atoms with E-state index in [4.69, 9.17) is 65.4 Å². The molecule has 294 valence electrons. The predicted octanol–water partition coefficient (Wildman–Crippen LogP) is 10.9. The van der Waals surface area contributed by atoms with E-state index >= 15 is 0 Å². The summed E-state index contributed by atoms with van der Waals surface area (Å²) in [5.41, 5.74) is 6.20. The van der Waals surface area contributed by atoms with Crippen LogP contribution in [-0.2, 0) is 28.5 Å². The number of benzene rings is 4. The number of carbonyl (C=O) groups excluding carboxylic acids is 4. The molecule has 0 saturated heterocycles. The molecule has 0 aliphatic heterocycles. The molecule has 0 fully saturated rings. The minimum Gasteiger partial charge on any atom is -0.428 e. The first-order valence-corrected chi connectivity index (χ1v) is 19.6. The Morgan fingerprint density at radius 3 is 1.27 bits per heavy atom. The average molecular weight is 843 g/mol. The Labute approximate surface area is 345 Å². The zero-order valence-corrected chi connectivity index (χ0v) is 33.7. The zero-order chi connectivity index (χ0) is 39.9. The second-order valence-electron chi connectivity index (χ2n) is 13.7. The number of rotatable bonds is 11. The largest absolute Gasteiger partial charge is 0.428 e. The first-order chi connectivity index (χ1) is 26.9. The number of amides is 2. The molecule has 4 aromatic carbocycles. The number of halogens is 4. The molecule has 0 heterocycles. The third kappa shape index (κ3) is 9.54. The van der Waals surface area contributed by atoms with Crippen molar-refractivity contribution >= 4 is 70.5 Å². The number of carbonyl (C=O) groups is 4. The number of esters is 2. The summed E-state index contributed by atoms with van der Waals surface area (Å²) in [6.07, 6.45) is 0.857. The second kappa shape index (κ2) is 18.6. The Bertz CT molecular complexity index is 1950. The number of fused-ring (bicyclic) bond motifs is 2. The maximum atomic E-state index is 13.0. The molecular formula is C42H40Cl4N2O8. The lowest BCUT2D eigenvalue weighted by atomic mass is 9.76. The van der Waals surface area contributed by atoms with E-state index in [1.54, 1.807) is 26.2 Å². The molecule has 0 spiro atoms. The summed E-state index contributed by atoms with van der Waals surface area (Å²) in [6.45, 7) is -1.25. The van der Waals surface area contributed by atoms with E-state index in [1.807, 2.05) is 72.8 Å². The van der Waals surface area contributed by atoms with Crippen LogP contribution in [0.5, 0.6) is 0 Å². The third-order valence-corrected chi connectivity index (χ3v) is 11.9. The fraction of sp³-hybridized carbons (Fsp3) is 0.333. The highest BCUT2D eigenvalue weighted by molar-refractivity contribution is 6.42. The van der Waals surface area contributed by atoms with Crippen molar-refractivity contribution in [1.29, 1.82) is 0 Å². The zero-order valence-electron chi connectivity index (χ0n) is 30.7. The van der Waals surface area contributed by atoms with Gasteiger partial charge < -0.3 is 28.7 Å². The Morgan fingerprint density at radius 1 is 0.518 bits per heavy atom. The molecule has 14 heteroatoms. The van der Waals surface area contributed by atoms with Crippen molar-refractivity contribution in [1.82, 2.24) is 9.80 Å². The molecule has 0 aromatic heterocycles. The van der Waals surface area contributed by atoms with E-state index in [2.05, 4.69) is 0 Å². The van der Waals surface area contributed by atoms with Crippen LogP contribution in [0.15, 0.2) is 84.9 Å². The number of nitrogens with zero attached hydrogens (tertiary/aromatic N) is 2. The van der Waals surface area contributed by atoms with Crippen LogP contribution >= 0.6 is 46.4 Å². The van der Waals surface area contributed by atoms with Crippen molar-refractivity contribution in [3.8, 4) is 0 Å². The van der Waals surface area contributed by atoms with Crippen LogP contribution in [0.1, 0.15) is 95.8 Å². The Hall–Kier alpha value is -4.48. The minimum absolute atomic E-state index is 0.0822. The summed E-state index contributed by atoms with van der Waals surface area (Å²) in [6, 6.07) is 26.5. The van der Waals surface area contributed by atoms with E-state index in [-0.39, 0.29) is 36.8 Å². The maximum absolute atomic E-state index is 13.0. The van der Waals surface area contributed by atoms with Gasteiger partial charge in [0.25, 0.3) is 0 Å². The SMILES string of the molecule is CN(C(=O)OCOC(=O)CCC(=O)OCOC(=O)N(C)[C@H]1CC[C@@H](c2ccc(Cl)c(Cl)c2)c2ccccc21)[C@H]1CC[C@@H](c2ccc(Cl)c(Cl)c2)c2ccccc21. The molecule has 2 amide bonds. The van der Waals surface area contributed by atoms with Crippen LogP contribution in [0.2, 0.25) is 20.1 Å². The first kappa shape index (κ1) is 41.2. The fourth-order valence-electron chi connectivity index (χ4n) is 7.59. The molecule has 4 aromatic rings. The van der Waals surface area contributed by atoms with E-state index in [9.17, 15) is 19.2 Å². The van der Waals surface area contributed by atoms with E-state index in [0.29, 0.717) is 32.9 Å². The molecule has 0 radical (unpaired) electrons. The normalized spacial score (nSPS) is 18.5. The van der Waals surface area contributed by atoms with Gasteiger partial charge in [0.15, 0.2) is 0 Å². The van der Waals surface area contributed by atoms with Crippen LogP contribution in [0.3, 0.4) is 0 Å². The summed E-state index contributed by atoms with van der Waals surface area (Å²) in [5, 5.41) is 1.95. The van der Waals surface area contributed by atoms with Crippen molar-refractivity contribution in [3.05, 3.63) is 138 Å². The summed E-state index contributed by atoms with van der Waals surface area (Å²) < 4.78 is 20.5. The molecule has 56 heavy (non-hydrogen) atoms. The molecular weight excluding hydrogens is 802 g/mol. The first-order valence-electron chi connectivity index (χ1n) is 18.1. The monoisotopic (exact) mass is 840 g/mol. The minimum atomic E-state index is -0.767. The Kier molecular flexibility index (Phi) is 13.7. The van der Waals surface area contributed by atoms with Crippen molar-refractivity contribution in [3.63, 3.8) is 0 Å². The van der Waals surface area contributed by atoms with Crippen LogP contribution in [-0.4, -0.2) is 61.6 Å². The van der Waals surface area contributed by atoms with Crippen molar-refractivity contribution in [2.75, 3.05) is 27.7 Å². The van der Waals surface area contributed by atoms with E-state index in [1.165, 1.54) is 9.80 Å². The second-order valence-corrected chi connectivity index (χ2v) is 15.3. The van der Waals surface area contributed by atoms with Gasteiger partial charge in [0.2, 0.25) is 13.6 Å². The van der Waals surface area contributed by atoms with Crippen molar-refractivity contribution in [2.24, 2.45) is 0 Å². The summed E-state index contributed by atoms with van der Waals surface area (Å²) in [5.74, 6) is -1.37. The Balaban J connectivity index is 0.911. The molecule has 6 rings (SSSR count). The molecule has 4 atom stereocenters. The average Bonchev–Trinajstić information content (AvgIpc) is 3.20. The van der Waals surface area contributed by atoms with Gasteiger partial charge in [-0.2, -0.15) is 0 Å². The fourth-order valence-corrected chi connectivity index (χ4v) is 8.20. The van der Waals surface area contributed by atoms with Crippen molar-refractivity contribution in [2.45, 2.75) is 62.4 Å². The van der Waals surface area contributed by atoms with Crippen LogP contribution in [0.4, 0.5) is 9.59 Å². The summed E-state index contributed by atoms with van der Waals surface area (Å²) >= 11 is 24.9. The maximum Gasteiger partial charge on any atom is 0.412 e. The van der Waals surface area contributed by atoms with Crippen LogP contribution in [0, 0.1) is 0 Å². The molecule has 2 aliphatic rings. The highest BCUT2D eigenvalue weighted by Crippen LogP contribution is 2.46. The molecule has 2 aliphatic carbocycles. The standard InChI is InChI=1S/C42H40Cl4N2O8/c1-47(37-17-13-27(29-7-3-5-9-31(29)37)25-11-15-33(43)35(45)21-25)41(51)55-23-53-39(49)19-20-40(50)54-24-56-42(52)48(2)38-18-14-28(30-8-4-6-10-32(30)38)26-12-16-34(44)36(46)22-26/h3-12,15-16,21-22,27-28,37-38H,13-14,17-20,23-24H2,1-2H3/t27-,28-,37-,38-/m0/s1. The van der Waals surface area contributed by atoms with Gasteiger partial charge in [0.05, 0.1) is 45.0 Å². The highest BCUT2D eigenvalue weighted by atomic mass is 35.5. The predicted molar refractivity (Wildman–Crippen MR) is 213 cm³/mol. The van der Waals surface area contributed by atoms with Crippen molar-refractivity contribution < 1.29 is 38.1 Å². The smallest absolute Gasteiger partial charge is 0.412 e. The van der Waals surface area contributed by atoms with Gasteiger partial charge in [0.1, 0.15) is 0 Å². The lowest BCUT2D eigenvalue weighted by molar-refractivity contribution is -0.159. The lowest BCUT2D eigenvalue weighted by Gasteiger charge is -2.36. The third-order valence-electron chi connectivity index (χ3n) is 10.5. The lowest BCUT2D eigenvalue weighted by Crippen LogP contribution is -2.35. The van der Waals surface area contributed by atoms with Crippen LogP contribution in [0.25, 0.3) is 0 Å². The molecule has 0 unspecified atom stereocenters. The van der Waals surface area contributed by atoms with Gasteiger partial charge in [-0.05, 0) is 83.3 Å². The molecule has 0 saturated carbocycles. The molecule has 10 nitrogen and oxygen atoms in total. The topological polar surface area (TPSA) is 112 Å². The quantitative estimate of drug-likeness (QED) is 0.108. The highest BCUT2D eigenvalue weighted by Gasteiger charge is 2.34. The van der Waals surface area contributed by atoms with Gasteiger partial charge in [0, 0.05) is 25.9 Å². The number of hydrogen-bond donors (Lipinski definition) is 0. The summed E-state index contributed by atoms with van der Waals surface area (Å²) in [7, 11) is 3.27. The van der Waals surface area contributed by atoms with E-state index < -0.39 is 37.7 Å².